The Balaban J connectivity index is 1.66. The topological polar surface area (TPSA) is 83.9 Å². The first-order valence-electron chi connectivity index (χ1n) is 9.01. The van der Waals surface area contributed by atoms with E-state index in [9.17, 15) is 9.59 Å². The summed E-state index contributed by atoms with van der Waals surface area (Å²) < 4.78 is 2.84. The van der Waals surface area contributed by atoms with Crippen LogP contribution in [0.4, 0.5) is 5.69 Å². The van der Waals surface area contributed by atoms with Crippen molar-refractivity contribution in [2.45, 2.75) is 18.9 Å². The quantitative estimate of drug-likeness (QED) is 0.622. The van der Waals surface area contributed by atoms with Gasteiger partial charge in [0.05, 0.1) is 22.2 Å². The Bertz CT molecular complexity index is 1200. The molecule has 0 saturated carbocycles. The third-order valence-electron chi connectivity index (χ3n) is 5.30. The molecule has 0 amide bonds. The van der Waals surface area contributed by atoms with E-state index in [1.807, 2.05) is 12.1 Å². The summed E-state index contributed by atoms with van der Waals surface area (Å²) in [5.74, 6) is 0. The van der Waals surface area contributed by atoms with Crippen molar-refractivity contribution in [1.82, 2.24) is 14.1 Å². The van der Waals surface area contributed by atoms with E-state index >= 15 is 0 Å². The molecule has 0 atom stereocenters. The molecule has 7 nitrogen and oxygen atoms in total. The largest absolute Gasteiger partial charge is 0.371 e. The molecule has 0 unspecified atom stereocenters. The Morgan fingerprint density at radius 1 is 1.14 bits per heavy atom. The second-order valence-corrected chi connectivity index (χ2v) is 7.35. The minimum absolute atomic E-state index is 0.104. The van der Waals surface area contributed by atoms with Crippen LogP contribution >= 0.6 is 11.6 Å². The zero-order valence-corrected chi connectivity index (χ0v) is 16.1. The van der Waals surface area contributed by atoms with Crippen LogP contribution in [0.25, 0.3) is 11.2 Å². The van der Waals surface area contributed by atoms with E-state index in [0.29, 0.717) is 34.6 Å². The van der Waals surface area contributed by atoms with Gasteiger partial charge in [-0.05, 0) is 43.2 Å². The number of piperidine rings is 1. The first kappa shape index (κ1) is 18.3. The van der Waals surface area contributed by atoms with Crippen molar-refractivity contribution in [2.24, 2.45) is 7.05 Å². The van der Waals surface area contributed by atoms with Gasteiger partial charge in [0.1, 0.15) is 0 Å². The third-order valence-corrected chi connectivity index (χ3v) is 5.51. The zero-order chi connectivity index (χ0) is 19.8. The summed E-state index contributed by atoms with van der Waals surface area (Å²) >= 11 is 6.04. The molecule has 2 aromatic heterocycles. The van der Waals surface area contributed by atoms with Crippen LogP contribution < -0.4 is 16.0 Å². The average molecular weight is 396 g/mol. The lowest BCUT2D eigenvalue weighted by atomic mass is 10.0. The van der Waals surface area contributed by atoms with Crippen LogP contribution in [0.15, 0.2) is 46.1 Å². The van der Waals surface area contributed by atoms with E-state index in [-0.39, 0.29) is 6.04 Å². The molecule has 28 heavy (non-hydrogen) atoms. The molecule has 3 heterocycles. The van der Waals surface area contributed by atoms with Gasteiger partial charge in [-0.1, -0.05) is 11.6 Å². The lowest BCUT2D eigenvalue weighted by Gasteiger charge is -2.34. The van der Waals surface area contributed by atoms with Crippen LogP contribution in [0.2, 0.25) is 5.02 Å². The lowest BCUT2D eigenvalue weighted by molar-refractivity contribution is 0.392. The summed E-state index contributed by atoms with van der Waals surface area (Å²) in [7, 11) is 1.56. The Morgan fingerprint density at radius 2 is 1.82 bits per heavy atom. The highest BCUT2D eigenvalue weighted by molar-refractivity contribution is 6.31. The number of aryl methyl sites for hydroxylation is 1. The van der Waals surface area contributed by atoms with Crippen LogP contribution in [0.3, 0.4) is 0 Å². The van der Waals surface area contributed by atoms with Gasteiger partial charge >= 0.3 is 11.1 Å². The monoisotopic (exact) mass is 395 g/mol. The third kappa shape index (κ3) is 3.06. The van der Waals surface area contributed by atoms with Crippen molar-refractivity contribution in [3.63, 3.8) is 0 Å². The zero-order valence-electron chi connectivity index (χ0n) is 15.3. The molecule has 8 heteroatoms. The Labute approximate surface area is 166 Å². The van der Waals surface area contributed by atoms with Gasteiger partial charge in [-0.2, -0.15) is 5.26 Å². The van der Waals surface area contributed by atoms with Gasteiger partial charge in [0, 0.05) is 38.1 Å². The second kappa shape index (κ2) is 7.13. The number of nitrogens with zero attached hydrogens (tertiary/aromatic N) is 5. The van der Waals surface area contributed by atoms with E-state index < -0.39 is 11.1 Å². The summed E-state index contributed by atoms with van der Waals surface area (Å²) in [4.78, 5) is 31.7. The van der Waals surface area contributed by atoms with E-state index in [4.69, 9.17) is 16.9 Å². The Morgan fingerprint density at radius 3 is 2.46 bits per heavy atom. The van der Waals surface area contributed by atoms with Crippen LogP contribution in [-0.2, 0) is 7.05 Å². The number of benzene rings is 1. The summed E-state index contributed by atoms with van der Waals surface area (Å²) in [5.41, 5.74) is 1.57. The highest BCUT2D eigenvalue weighted by Gasteiger charge is 2.25. The molecule has 0 aliphatic carbocycles. The molecule has 0 N–H and O–H groups in total. The summed E-state index contributed by atoms with van der Waals surface area (Å²) in [6, 6.07) is 11.1. The van der Waals surface area contributed by atoms with Crippen molar-refractivity contribution >= 4 is 28.5 Å². The molecule has 1 aromatic carbocycles. The normalized spacial score (nSPS) is 15.0. The molecule has 1 aliphatic rings. The number of rotatable bonds is 2. The van der Waals surface area contributed by atoms with Gasteiger partial charge in [0.15, 0.2) is 5.65 Å². The van der Waals surface area contributed by atoms with E-state index in [1.54, 1.807) is 25.2 Å². The van der Waals surface area contributed by atoms with Gasteiger partial charge in [-0.25, -0.2) is 4.98 Å². The number of hydrogen-bond acceptors (Lipinski definition) is 5. The fraction of sp³-hybridized carbons (Fsp3) is 0.300. The standard InChI is InChI=1S/C20H18ClN5O2/c1-24-17-10-14(21)12-23-18(17)26(20(28)19(24)27)16-6-8-25(9-7-16)15-4-2-13(11-22)3-5-15/h2-5,10,12,16H,6-9H2,1H3. The van der Waals surface area contributed by atoms with E-state index in [2.05, 4.69) is 16.0 Å². The minimum Gasteiger partial charge on any atom is -0.371 e. The number of pyridine rings is 1. The summed E-state index contributed by atoms with van der Waals surface area (Å²) in [6.07, 6.45) is 2.93. The maximum Gasteiger partial charge on any atom is 0.318 e. The van der Waals surface area contributed by atoms with Crippen LogP contribution in [0.1, 0.15) is 24.4 Å². The molecule has 1 fully saturated rings. The number of anilines is 1. The summed E-state index contributed by atoms with van der Waals surface area (Å²) in [6.45, 7) is 1.49. The van der Waals surface area contributed by atoms with Crippen molar-refractivity contribution in [1.29, 1.82) is 5.26 Å². The summed E-state index contributed by atoms with van der Waals surface area (Å²) in [5, 5.41) is 9.35. The predicted molar refractivity (Wildman–Crippen MR) is 108 cm³/mol. The van der Waals surface area contributed by atoms with E-state index in [1.165, 1.54) is 15.3 Å². The second-order valence-electron chi connectivity index (χ2n) is 6.91. The van der Waals surface area contributed by atoms with Crippen molar-refractivity contribution in [2.75, 3.05) is 18.0 Å². The SMILES string of the molecule is Cn1c(=O)c(=O)n(C2CCN(c3ccc(C#N)cc3)CC2)c2ncc(Cl)cc21. The van der Waals surface area contributed by atoms with Gasteiger partial charge in [-0.3, -0.25) is 14.2 Å². The molecule has 142 valence electrons. The molecule has 1 aliphatic heterocycles. The number of hydrogen-bond donors (Lipinski definition) is 0. The molecule has 3 aromatic rings. The maximum atomic E-state index is 12.7. The van der Waals surface area contributed by atoms with Gasteiger partial charge < -0.3 is 9.47 Å². The Hall–Kier alpha value is -3.11. The lowest BCUT2D eigenvalue weighted by Crippen LogP contribution is -2.45. The molecule has 1 saturated heterocycles. The fourth-order valence-electron chi connectivity index (χ4n) is 3.77. The van der Waals surface area contributed by atoms with Crippen LogP contribution in [-0.4, -0.2) is 27.2 Å². The first-order valence-corrected chi connectivity index (χ1v) is 9.39. The number of nitriles is 1. The average Bonchev–Trinajstić information content (AvgIpc) is 2.73. The van der Waals surface area contributed by atoms with Crippen molar-refractivity contribution < 1.29 is 0 Å². The van der Waals surface area contributed by atoms with Crippen molar-refractivity contribution in [3.05, 3.63) is 67.8 Å². The molecule has 0 spiro atoms. The first-order chi connectivity index (χ1) is 13.5. The van der Waals surface area contributed by atoms with Gasteiger partial charge in [-0.15, -0.1) is 0 Å². The smallest absolute Gasteiger partial charge is 0.318 e. The number of halogens is 1. The molecular weight excluding hydrogens is 378 g/mol. The van der Waals surface area contributed by atoms with E-state index in [0.717, 1.165) is 18.8 Å². The molecule has 0 radical (unpaired) electrons. The molecule has 4 rings (SSSR count). The molecular formula is C20H18ClN5O2. The highest BCUT2D eigenvalue weighted by Crippen LogP contribution is 2.27. The van der Waals surface area contributed by atoms with Crippen LogP contribution in [0.5, 0.6) is 0 Å². The van der Waals surface area contributed by atoms with Gasteiger partial charge in [0.2, 0.25) is 0 Å². The predicted octanol–water partition coefficient (Wildman–Crippen LogP) is 2.46. The highest BCUT2D eigenvalue weighted by atomic mass is 35.5. The number of fused-ring (bicyclic) bond motifs is 1. The Kier molecular flexibility index (Phi) is 4.65. The van der Waals surface area contributed by atoms with Crippen LogP contribution in [0, 0.1) is 11.3 Å². The van der Waals surface area contributed by atoms with Gasteiger partial charge in [0.25, 0.3) is 0 Å². The minimum atomic E-state index is -0.578. The maximum absolute atomic E-state index is 12.7. The van der Waals surface area contributed by atoms with Crippen molar-refractivity contribution in [3.8, 4) is 6.07 Å². The number of aromatic nitrogens is 3. The fourth-order valence-corrected chi connectivity index (χ4v) is 3.93. The molecule has 0 bridgehead atoms.